The first-order valence-corrected chi connectivity index (χ1v) is 3.93. The van der Waals surface area contributed by atoms with Crippen molar-refractivity contribution in [3.05, 3.63) is 0 Å². The summed E-state index contributed by atoms with van der Waals surface area (Å²) in [5.74, 6) is -0.448. The zero-order chi connectivity index (χ0) is 7.49. The molecule has 0 aliphatic carbocycles. The fourth-order valence-electron chi connectivity index (χ4n) is 0.331. The van der Waals surface area contributed by atoms with Gasteiger partial charge in [0.25, 0.3) is 0 Å². The number of methoxy groups -OCH3 is 1. The molecule has 0 N–H and O–H groups in total. The van der Waals surface area contributed by atoms with Gasteiger partial charge < -0.3 is 8.84 Å². The van der Waals surface area contributed by atoms with Crippen LogP contribution >= 0.6 is 0 Å². The fourth-order valence-corrected chi connectivity index (χ4v) is 0.584. The predicted molar refractivity (Wildman–Crippen MR) is 35.7 cm³/mol. The van der Waals surface area contributed by atoms with E-state index in [9.17, 15) is 8.90 Å². The summed E-state index contributed by atoms with van der Waals surface area (Å²) in [4.78, 5) is 10.6. The summed E-state index contributed by atoms with van der Waals surface area (Å²) in [6.45, 7) is 3.12. The van der Waals surface area contributed by atoms with Crippen molar-refractivity contribution in [2.75, 3.05) is 7.11 Å². The summed E-state index contributed by atoms with van der Waals surface area (Å²) in [6, 6.07) is 0. The molecule has 0 aromatic carbocycles. The lowest BCUT2D eigenvalue weighted by atomic mass is 10.2. The van der Waals surface area contributed by atoms with Gasteiger partial charge in [0.05, 0.1) is 12.1 Å². The highest BCUT2D eigenvalue weighted by molar-refractivity contribution is 6.39. The Morgan fingerprint density at radius 1 is 1.67 bits per heavy atom. The fraction of sp³-hybridized carbons (Fsp3) is 0.800. The summed E-state index contributed by atoms with van der Waals surface area (Å²) in [5, 5.41) is -0.839. The minimum absolute atomic E-state index is 0.448. The highest BCUT2D eigenvalue weighted by atomic mass is 28.3. The molecule has 0 aliphatic rings. The molecule has 0 bridgehead atoms. The lowest BCUT2D eigenvalue weighted by Crippen LogP contribution is -2.22. The quantitative estimate of drug-likeness (QED) is 0.324. The lowest BCUT2D eigenvalue weighted by molar-refractivity contribution is -0.143. The molecular weight excluding hydrogens is 139 g/mol. The van der Waals surface area contributed by atoms with Crippen molar-refractivity contribution in [2.45, 2.75) is 18.9 Å². The van der Waals surface area contributed by atoms with E-state index >= 15 is 0 Å². The van der Waals surface area contributed by atoms with Crippen LogP contribution in [-0.2, 0) is 9.53 Å². The van der Waals surface area contributed by atoms with E-state index in [1.807, 2.05) is 0 Å². The van der Waals surface area contributed by atoms with E-state index < -0.39 is 20.9 Å². The molecule has 0 aromatic heterocycles. The molecule has 0 heterocycles. The molecule has 0 saturated heterocycles. The van der Waals surface area contributed by atoms with Crippen LogP contribution in [0.5, 0.6) is 0 Å². The van der Waals surface area contributed by atoms with Crippen LogP contribution in [0.25, 0.3) is 0 Å². The highest BCUT2D eigenvalue weighted by Gasteiger charge is 2.29. The van der Waals surface area contributed by atoms with Crippen LogP contribution in [0, 0.1) is 0 Å². The molecule has 0 aliphatic heterocycles. The van der Waals surface area contributed by atoms with Crippen molar-refractivity contribution in [1.29, 1.82) is 0 Å². The third-order valence-electron chi connectivity index (χ3n) is 1.07. The Bertz CT molecular complexity index is 114. The zero-order valence-electron chi connectivity index (χ0n) is 5.90. The van der Waals surface area contributed by atoms with Gasteiger partial charge in [-0.05, 0) is 13.8 Å². The molecular formula is C5H11FO2Si. The molecule has 0 amide bonds. The Kier molecular flexibility index (Phi) is 2.83. The van der Waals surface area contributed by atoms with Gasteiger partial charge in [0, 0.05) is 0 Å². The molecule has 9 heavy (non-hydrogen) atoms. The van der Waals surface area contributed by atoms with Gasteiger partial charge in [0.15, 0.2) is 0 Å². The van der Waals surface area contributed by atoms with Gasteiger partial charge in [-0.25, -0.2) is 0 Å². The van der Waals surface area contributed by atoms with E-state index in [-0.39, 0.29) is 0 Å². The lowest BCUT2D eigenvalue weighted by Gasteiger charge is -2.14. The van der Waals surface area contributed by atoms with Crippen molar-refractivity contribution in [3.8, 4) is 0 Å². The minimum atomic E-state index is -1.79. The first kappa shape index (κ1) is 8.62. The van der Waals surface area contributed by atoms with E-state index in [1.165, 1.54) is 7.11 Å². The number of carbonyl (C=O) groups excluding carboxylic acids is 1. The highest BCUT2D eigenvalue weighted by Crippen LogP contribution is 2.23. The average Bonchev–Trinajstić information content (AvgIpc) is 1.86. The number of hydrogen-bond donors (Lipinski definition) is 0. The largest absolute Gasteiger partial charge is 0.469 e. The molecule has 0 aromatic rings. The van der Waals surface area contributed by atoms with Crippen LogP contribution in [0.3, 0.4) is 0 Å². The molecule has 0 fully saturated rings. The van der Waals surface area contributed by atoms with Crippen molar-refractivity contribution >= 4 is 15.8 Å². The van der Waals surface area contributed by atoms with Gasteiger partial charge in [-0.15, -0.1) is 0 Å². The van der Waals surface area contributed by atoms with E-state index in [0.29, 0.717) is 0 Å². The molecule has 0 atom stereocenters. The summed E-state index contributed by atoms with van der Waals surface area (Å²) in [7, 11) is -0.519. The summed E-state index contributed by atoms with van der Waals surface area (Å²) in [5.41, 5.74) is 0. The number of esters is 1. The molecule has 4 heteroatoms. The maximum absolute atomic E-state index is 12.0. The van der Waals surface area contributed by atoms with Gasteiger partial charge in [0.2, 0.25) is 9.85 Å². The standard InChI is InChI=1S/C5H11FO2Si/c1-5(2,9-6)4(7)8-3/h9H2,1-3H3. The van der Waals surface area contributed by atoms with E-state index in [2.05, 4.69) is 4.74 Å². The Balaban J connectivity index is 3.97. The van der Waals surface area contributed by atoms with Gasteiger partial charge in [-0.1, -0.05) is 0 Å². The van der Waals surface area contributed by atoms with E-state index in [1.54, 1.807) is 13.8 Å². The zero-order valence-corrected chi connectivity index (χ0v) is 7.32. The SMILES string of the molecule is COC(=O)C(C)(C)[SiH2]F. The summed E-state index contributed by atoms with van der Waals surface area (Å²) in [6.07, 6.45) is 0. The van der Waals surface area contributed by atoms with Crippen LogP contribution < -0.4 is 0 Å². The van der Waals surface area contributed by atoms with Crippen LogP contribution in [-0.4, -0.2) is 22.9 Å². The van der Waals surface area contributed by atoms with Gasteiger partial charge >= 0.3 is 5.97 Å². The monoisotopic (exact) mass is 150 g/mol. The molecule has 0 spiro atoms. The average molecular weight is 150 g/mol. The maximum Gasteiger partial charge on any atom is 0.310 e. The molecule has 0 radical (unpaired) electrons. The van der Waals surface area contributed by atoms with Crippen LogP contribution in [0.2, 0.25) is 5.04 Å². The Morgan fingerprint density at radius 2 is 2.11 bits per heavy atom. The molecule has 0 unspecified atom stereocenters. The number of carbonyl (C=O) groups is 1. The Morgan fingerprint density at radius 3 is 2.22 bits per heavy atom. The second-order valence-corrected chi connectivity index (χ2v) is 4.54. The summed E-state index contributed by atoms with van der Waals surface area (Å²) >= 11 is 0. The topological polar surface area (TPSA) is 26.3 Å². The van der Waals surface area contributed by atoms with Crippen LogP contribution in [0.4, 0.5) is 4.11 Å². The Hall–Kier alpha value is -0.383. The number of hydrogen-bond acceptors (Lipinski definition) is 2. The number of rotatable bonds is 2. The van der Waals surface area contributed by atoms with Gasteiger partial charge in [-0.3, -0.25) is 4.79 Å². The van der Waals surface area contributed by atoms with Crippen molar-refractivity contribution in [3.63, 3.8) is 0 Å². The molecule has 2 nitrogen and oxygen atoms in total. The second-order valence-electron chi connectivity index (χ2n) is 2.51. The van der Waals surface area contributed by atoms with Crippen LogP contribution in [0.1, 0.15) is 13.8 Å². The molecule has 54 valence electrons. The van der Waals surface area contributed by atoms with E-state index in [4.69, 9.17) is 0 Å². The minimum Gasteiger partial charge on any atom is -0.469 e. The first-order valence-electron chi connectivity index (χ1n) is 2.69. The van der Waals surface area contributed by atoms with Crippen molar-refractivity contribution < 1.29 is 13.6 Å². The maximum atomic E-state index is 12.0. The molecule has 0 rings (SSSR count). The van der Waals surface area contributed by atoms with E-state index in [0.717, 1.165) is 0 Å². The van der Waals surface area contributed by atoms with Crippen molar-refractivity contribution in [1.82, 2.24) is 0 Å². The van der Waals surface area contributed by atoms with Crippen LogP contribution in [0.15, 0.2) is 0 Å². The summed E-state index contributed by atoms with van der Waals surface area (Å²) < 4.78 is 16.4. The van der Waals surface area contributed by atoms with Crippen molar-refractivity contribution in [2.24, 2.45) is 0 Å². The molecule has 0 saturated carbocycles. The third kappa shape index (κ3) is 2.13. The first-order chi connectivity index (χ1) is 4.04. The number of ether oxygens (including phenoxy) is 1. The third-order valence-corrected chi connectivity index (χ3v) is 2.03. The number of halogens is 1. The predicted octanol–water partition coefficient (Wildman–Crippen LogP) is 0.411. The second kappa shape index (κ2) is 2.96. The van der Waals surface area contributed by atoms with Gasteiger partial charge in [-0.2, -0.15) is 0 Å². The smallest absolute Gasteiger partial charge is 0.310 e. The normalized spacial score (nSPS) is 12.4. The van der Waals surface area contributed by atoms with Gasteiger partial charge in [0.1, 0.15) is 0 Å². The Labute approximate surface area is 56.4 Å².